The van der Waals surface area contributed by atoms with E-state index in [-0.39, 0.29) is 30.1 Å². The van der Waals surface area contributed by atoms with E-state index < -0.39 is 0 Å². The van der Waals surface area contributed by atoms with E-state index in [0.717, 1.165) is 28.6 Å². The van der Waals surface area contributed by atoms with Crippen LogP contribution in [0.3, 0.4) is 0 Å². The third-order valence-corrected chi connectivity index (χ3v) is 7.16. The number of methoxy groups -OCH3 is 1. The standard InChI is InChI=1S/C32H33N5O3/c1-23(10-8-9-19-36-21-30(34-35-36)29(22-38)24-11-4-3-5-12-24)31(40-2)25-15-17-27(18-16-25)37-32(39)28-14-7-6-13-26(28)20-33-37/h3-8,10-18,20-21,23,29,31,38H,9,19,22H2,1-2H3/b10-8+/t23-,29?,31+/m1/s1. The van der Waals surface area contributed by atoms with E-state index in [1.54, 1.807) is 13.3 Å². The lowest BCUT2D eigenvalue weighted by atomic mass is 9.96. The van der Waals surface area contributed by atoms with Gasteiger partial charge in [-0.25, -0.2) is 0 Å². The van der Waals surface area contributed by atoms with Crippen molar-refractivity contribution < 1.29 is 9.84 Å². The van der Waals surface area contributed by atoms with Crippen LogP contribution in [-0.4, -0.2) is 43.6 Å². The zero-order valence-electron chi connectivity index (χ0n) is 22.7. The molecule has 2 aromatic heterocycles. The molecular formula is C32H33N5O3. The summed E-state index contributed by atoms with van der Waals surface area (Å²) in [5, 5.41) is 24.2. The molecule has 0 saturated heterocycles. The minimum absolute atomic E-state index is 0.0188. The SMILES string of the molecule is CO[C@H](c1ccc(-n2ncc3ccccc3c2=O)cc1)[C@H](C)/C=C/CCn1cc(C(CO)c2ccccc2)nn1. The zero-order chi connectivity index (χ0) is 27.9. The van der Waals surface area contributed by atoms with E-state index in [1.807, 2.05) is 89.7 Å². The first-order chi connectivity index (χ1) is 19.6. The van der Waals surface area contributed by atoms with Crippen molar-refractivity contribution in [2.75, 3.05) is 13.7 Å². The molecule has 0 fully saturated rings. The molecule has 0 amide bonds. The molecule has 0 aliphatic carbocycles. The van der Waals surface area contributed by atoms with Crippen molar-refractivity contribution >= 4 is 10.8 Å². The van der Waals surface area contributed by atoms with Crippen molar-refractivity contribution in [1.29, 1.82) is 0 Å². The smallest absolute Gasteiger partial charge is 0.279 e. The number of aliphatic hydroxyl groups is 1. The molecule has 0 saturated carbocycles. The van der Waals surface area contributed by atoms with Crippen LogP contribution in [0.15, 0.2) is 108 Å². The number of hydrogen-bond acceptors (Lipinski definition) is 6. The molecule has 3 aromatic carbocycles. The number of rotatable bonds is 11. The zero-order valence-corrected chi connectivity index (χ0v) is 22.7. The molecule has 2 heterocycles. The number of aliphatic hydroxyl groups excluding tert-OH is 1. The van der Waals surface area contributed by atoms with Gasteiger partial charge in [-0.3, -0.25) is 9.48 Å². The molecule has 0 bridgehead atoms. The molecule has 5 rings (SSSR count). The molecule has 1 N–H and O–H groups in total. The van der Waals surface area contributed by atoms with Crippen molar-refractivity contribution in [1.82, 2.24) is 24.8 Å². The molecule has 0 spiro atoms. The fourth-order valence-electron chi connectivity index (χ4n) is 4.99. The Balaban J connectivity index is 1.20. The highest BCUT2D eigenvalue weighted by Crippen LogP contribution is 2.27. The molecule has 0 radical (unpaired) electrons. The van der Waals surface area contributed by atoms with E-state index in [4.69, 9.17) is 4.74 Å². The van der Waals surface area contributed by atoms with E-state index in [1.165, 1.54) is 4.68 Å². The molecule has 5 aromatic rings. The summed E-state index contributed by atoms with van der Waals surface area (Å²) in [5.74, 6) is -0.0597. The predicted molar refractivity (Wildman–Crippen MR) is 155 cm³/mol. The average Bonchev–Trinajstić information content (AvgIpc) is 3.46. The minimum Gasteiger partial charge on any atom is -0.395 e. The maximum Gasteiger partial charge on any atom is 0.279 e. The maximum absolute atomic E-state index is 12.9. The lowest BCUT2D eigenvalue weighted by Crippen LogP contribution is -2.21. The van der Waals surface area contributed by atoms with Crippen LogP contribution in [0.1, 0.15) is 42.2 Å². The Hall–Kier alpha value is -4.40. The molecule has 8 nitrogen and oxygen atoms in total. The molecule has 40 heavy (non-hydrogen) atoms. The van der Waals surface area contributed by atoms with Crippen molar-refractivity contribution in [2.45, 2.75) is 31.9 Å². The topological polar surface area (TPSA) is 95.1 Å². The van der Waals surface area contributed by atoms with Crippen molar-refractivity contribution in [3.8, 4) is 5.69 Å². The predicted octanol–water partition coefficient (Wildman–Crippen LogP) is 5.07. The van der Waals surface area contributed by atoms with Crippen LogP contribution >= 0.6 is 0 Å². The molecular weight excluding hydrogens is 502 g/mol. The molecule has 8 heteroatoms. The summed E-state index contributed by atoms with van der Waals surface area (Å²) >= 11 is 0. The van der Waals surface area contributed by atoms with Crippen molar-refractivity contribution in [3.05, 3.63) is 131 Å². The minimum atomic E-state index is -0.185. The number of allylic oxidation sites excluding steroid dienone is 1. The third kappa shape index (κ3) is 5.93. The molecule has 1 unspecified atom stereocenters. The summed E-state index contributed by atoms with van der Waals surface area (Å²) in [5.41, 5.74) is 3.37. The summed E-state index contributed by atoms with van der Waals surface area (Å²) in [4.78, 5) is 12.9. The summed E-state index contributed by atoms with van der Waals surface area (Å²) in [6.45, 7) is 2.78. The number of ether oxygens (including phenoxy) is 1. The van der Waals surface area contributed by atoms with E-state index in [0.29, 0.717) is 17.6 Å². The number of nitrogens with zero attached hydrogens (tertiary/aromatic N) is 5. The third-order valence-electron chi connectivity index (χ3n) is 7.16. The Morgan fingerprint density at radius 3 is 2.48 bits per heavy atom. The number of aromatic nitrogens is 5. The normalized spacial score (nSPS) is 14.0. The fraction of sp³-hybridized carbons (Fsp3) is 0.250. The van der Waals surface area contributed by atoms with Crippen LogP contribution in [0, 0.1) is 5.92 Å². The Kier molecular flexibility index (Phi) is 8.59. The van der Waals surface area contributed by atoms with E-state index in [2.05, 4.69) is 34.5 Å². The first-order valence-corrected chi connectivity index (χ1v) is 13.4. The number of hydrogen-bond donors (Lipinski definition) is 1. The van der Waals surface area contributed by atoms with E-state index in [9.17, 15) is 9.90 Å². The van der Waals surface area contributed by atoms with Gasteiger partial charge in [0.1, 0.15) is 0 Å². The molecule has 0 aliphatic rings. The molecule has 204 valence electrons. The highest BCUT2D eigenvalue weighted by molar-refractivity contribution is 5.80. The van der Waals surface area contributed by atoms with Gasteiger partial charge in [0.2, 0.25) is 0 Å². The van der Waals surface area contributed by atoms with Crippen molar-refractivity contribution in [2.24, 2.45) is 5.92 Å². The number of benzene rings is 3. The van der Waals surface area contributed by atoms with Gasteiger partial charge in [0.05, 0.1) is 41.6 Å². The summed E-state index contributed by atoms with van der Waals surface area (Å²) in [6, 6.07) is 25.1. The van der Waals surface area contributed by atoms with Gasteiger partial charge in [0.15, 0.2) is 0 Å². The highest BCUT2D eigenvalue weighted by Gasteiger charge is 2.18. The largest absolute Gasteiger partial charge is 0.395 e. The lowest BCUT2D eigenvalue weighted by molar-refractivity contribution is 0.0740. The van der Waals surface area contributed by atoms with Crippen LogP contribution in [0.5, 0.6) is 0 Å². The summed E-state index contributed by atoms with van der Waals surface area (Å²) in [6.07, 6.45) is 8.54. The van der Waals surface area contributed by atoms with Crippen LogP contribution in [0.25, 0.3) is 16.5 Å². The first-order valence-electron chi connectivity index (χ1n) is 13.4. The average molecular weight is 536 g/mol. The second kappa shape index (κ2) is 12.6. The Morgan fingerprint density at radius 2 is 1.73 bits per heavy atom. The van der Waals surface area contributed by atoms with Gasteiger partial charge in [0.25, 0.3) is 5.56 Å². The summed E-state index contributed by atoms with van der Waals surface area (Å²) in [7, 11) is 1.71. The monoisotopic (exact) mass is 535 g/mol. The summed E-state index contributed by atoms with van der Waals surface area (Å²) < 4.78 is 9.07. The Morgan fingerprint density at radius 1 is 0.975 bits per heavy atom. The lowest BCUT2D eigenvalue weighted by Gasteiger charge is -2.21. The van der Waals surface area contributed by atoms with Gasteiger partial charge in [0, 0.05) is 31.2 Å². The van der Waals surface area contributed by atoms with Crippen LogP contribution in [-0.2, 0) is 11.3 Å². The van der Waals surface area contributed by atoms with Gasteiger partial charge < -0.3 is 9.84 Å². The van der Waals surface area contributed by atoms with Crippen LogP contribution in [0.4, 0.5) is 0 Å². The number of aryl methyl sites for hydroxylation is 1. The van der Waals surface area contributed by atoms with Gasteiger partial charge in [-0.2, -0.15) is 9.78 Å². The molecule has 0 aliphatic heterocycles. The van der Waals surface area contributed by atoms with Gasteiger partial charge in [-0.15, -0.1) is 5.10 Å². The quantitative estimate of drug-likeness (QED) is 0.237. The van der Waals surface area contributed by atoms with Gasteiger partial charge in [-0.1, -0.05) is 85.0 Å². The Bertz CT molecular complexity index is 1630. The Labute approximate surface area is 233 Å². The van der Waals surface area contributed by atoms with Crippen molar-refractivity contribution in [3.63, 3.8) is 0 Å². The molecule has 3 atom stereocenters. The van der Waals surface area contributed by atoms with Crippen LogP contribution in [0.2, 0.25) is 0 Å². The second-order valence-corrected chi connectivity index (χ2v) is 9.82. The second-order valence-electron chi connectivity index (χ2n) is 9.82. The van der Waals surface area contributed by atoms with E-state index >= 15 is 0 Å². The van der Waals surface area contributed by atoms with Gasteiger partial charge >= 0.3 is 0 Å². The highest BCUT2D eigenvalue weighted by atomic mass is 16.5. The number of fused-ring (bicyclic) bond motifs is 1. The maximum atomic E-state index is 12.9. The fourth-order valence-corrected chi connectivity index (χ4v) is 4.99. The van der Waals surface area contributed by atoms with Gasteiger partial charge in [-0.05, 0) is 35.7 Å². The first kappa shape index (κ1) is 27.2. The van der Waals surface area contributed by atoms with Crippen LogP contribution < -0.4 is 5.56 Å².